The van der Waals surface area contributed by atoms with Crippen molar-refractivity contribution < 1.29 is 5.11 Å². The lowest BCUT2D eigenvalue weighted by atomic mass is 10.0. The Labute approximate surface area is 131 Å². The Kier molecular flexibility index (Phi) is 4.98. The fraction of sp³-hybridized carbons (Fsp3) is 0.412. The highest BCUT2D eigenvalue weighted by Gasteiger charge is 2.21. The number of aliphatic hydroxyl groups excluding tert-OH is 1. The zero-order valence-corrected chi connectivity index (χ0v) is 12.6. The third kappa shape index (κ3) is 3.81. The van der Waals surface area contributed by atoms with E-state index in [9.17, 15) is 5.11 Å². The molecule has 0 spiro atoms. The number of hydrogen-bond donors (Lipinski definition) is 2. The van der Waals surface area contributed by atoms with Gasteiger partial charge in [-0.1, -0.05) is 30.3 Å². The average molecular weight is 298 g/mol. The molecular weight excluding hydrogens is 276 g/mol. The van der Waals surface area contributed by atoms with Gasteiger partial charge in [0.05, 0.1) is 6.10 Å². The summed E-state index contributed by atoms with van der Waals surface area (Å²) >= 11 is 0. The summed E-state index contributed by atoms with van der Waals surface area (Å²) in [6.45, 7) is 2.49. The number of piperidine rings is 1. The molecule has 0 amide bonds. The number of benzene rings is 1. The summed E-state index contributed by atoms with van der Waals surface area (Å²) in [4.78, 5) is 2.25. The molecule has 22 heavy (non-hydrogen) atoms. The topological polar surface area (TPSA) is 61.3 Å². The van der Waals surface area contributed by atoms with Crippen molar-refractivity contribution >= 4 is 5.82 Å². The van der Waals surface area contributed by atoms with E-state index in [1.54, 1.807) is 6.20 Å². The second-order valence-electron chi connectivity index (χ2n) is 5.70. The summed E-state index contributed by atoms with van der Waals surface area (Å²) in [6.07, 6.45) is 3.47. The minimum atomic E-state index is -0.465. The van der Waals surface area contributed by atoms with Crippen LogP contribution >= 0.6 is 0 Å². The minimum Gasteiger partial charge on any atom is -0.387 e. The highest BCUT2D eigenvalue weighted by atomic mass is 16.3. The molecule has 5 heteroatoms. The van der Waals surface area contributed by atoms with Crippen LogP contribution in [0.1, 0.15) is 24.5 Å². The summed E-state index contributed by atoms with van der Waals surface area (Å²) in [6, 6.07) is 14.1. The van der Waals surface area contributed by atoms with Crippen molar-refractivity contribution in [2.24, 2.45) is 0 Å². The lowest BCUT2D eigenvalue weighted by Gasteiger charge is -2.34. The van der Waals surface area contributed by atoms with Crippen LogP contribution in [-0.4, -0.2) is 41.0 Å². The molecule has 1 aromatic heterocycles. The Morgan fingerprint density at radius 2 is 2.09 bits per heavy atom. The van der Waals surface area contributed by atoms with Gasteiger partial charge in [0.2, 0.25) is 0 Å². The molecule has 3 rings (SSSR count). The number of nitrogens with one attached hydrogen (secondary N) is 1. The highest BCUT2D eigenvalue weighted by molar-refractivity contribution is 5.37. The molecule has 1 aromatic carbocycles. The maximum Gasteiger partial charge on any atom is 0.151 e. The van der Waals surface area contributed by atoms with Gasteiger partial charge in [0.1, 0.15) is 0 Å². The van der Waals surface area contributed by atoms with Crippen LogP contribution in [0.5, 0.6) is 0 Å². The van der Waals surface area contributed by atoms with Crippen molar-refractivity contribution in [1.29, 1.82) is 0 Å². The molecule has 0 bridgehead atoms. The van der Waals surface area contributed by atoms with Gasteiger partial charge in [-0.05, 0) is 30.5 Å². The quantitative estimate of drug-likeness (QED) is 0.881. The van der Waals surface area contributed by atoms with Crippen molar-refractivity contribution in [3.8, 4) is 0 Å². The van der Waals surface area contributed by atoms with E-state index in [2.05, 4.69) is 20.4 Å². The normalized spacial score (nSPS) is 19.9. The van der Waals surface area contributed by atoms with Crippen molar-refractivity contribution in [3.63, 3.8) is 0 Å². The predicted octanol–water partition coefficient (Wildman–Crippen LogP) is 1.77. The van der Waals surface area contributed by atoms with Crippen molar-refractivity contribution in [3.05, 3.63) is 54.2 Å². The molecule has 0 saturated carbocycles. The summed E-state index contributed by atoms with van der Waals surface area (Å²) in [5.41, 5.74) is 0.955. The maximum atomic E-state index is 10.2. The van der Waals surface area contributed by atoms with E-state index < -0.39 is 6.10 Å². The molecular formula is C17H22N4O. The first-order valence-corrected chi connectivity index (χ1v) is 7.82. The van der Waals surface area contributed by atoms with Gasteiger partial charge in [0, 0.05) is 31.9 Å². The predicted molar refractivity (Wildman–Crippen MR) is 86.7 cm³/mol. The smallest absolute Gasteiger partial charge is 0.151 e. The van der Waals surface area contributed by atoms with E-state index in [-0.39, 0.29) is 0 Å². The van der Waals surface area contributed by atoms with Crippen LogP contribution in [0.15, 0.2) is 48.7 Å². The molecule has 0 radical (unpaired) electrons. The molecule has 2 heterocycles. The second-order valence-corrected chi connectivity index (χ2v) is 5.70. The molecule has 2 unspecified atom stereocenters. The monoisotopic (exact) mass is 298 g/mol. The lowest BCUT2D eigenvalue weighted by Crippen LogP contribution is -2.47. The van der Waals surface area contributed by atoms with Crippen LogP contribution in [0, 0.1) is 0 Å². The summed E-state index contributed by atoms with van der Waals surface area (Å²) in [5, 5.41) is 21.8. The molecule has 1 aliphatic rings. The SMILES string of the molecule is OC(CNC1CCCN(c2cccnn2)C1)c1ccccc1. The average Bonchev–Trinajstić information content (AvgIpc) is 2.61. The lowest BCUT2D eigenvalue weighted by molar-refractivity contribution is 0.168. The number of nitrogens with zero attached hydrogens (tertiary/aromatic N) is 3. The van der Waals surface area contributed by atoms with Crippen LogP contribution in [-0.2, 0) is 0 Å². The van der Waals surface area contributed by atoms with Gasteiger partial charge >= 0.3 is 0 Å². The first-order valence-electron chi connectivity index (χ1n) is 7.82. The number of hydrogen-bond acceptors (Lipinski definition) is 5. The Balaban J connectivity index is 1.53. The molecule has 2 atom stereocenters. The molecule has 5 nitrogen and oxygen atoms in total. The molecule has 1 saturated heterocycles. The fourth-order valence-electron chi connectivity index (χ4n) is 2.89. The van der Waals surface area contributed by atoms with E-state index in [1.807, 2.05) is 42.5 Å². The zero-order chi connectivity index (χ0) is 15.2. The van der Waals surface area contributed by atoms with Gasteiger partial charge in [0.15, 0.2) is 5.82 Å². The Bertz CT molecular complexity index is 563. The van der Waals surface area contributed by atoms with Crippen LogP contribution in [0.4, 0.5) is 5.82 Å². The van der Waals surface area contributed by atoms with Crippen molar-refractivity contribution in [1.82, 2.24) is 15.5 Å². The van der Waals surface area contributed by atoms with Gasteiger partial charge in [-0.15, -0.1) is 5.10 Å². The Hall–Kier alpha value is -1.98. The third-order valence-electron chi connectivity index (χ3n) is 4.09. The molecule has 1 fully saturated rings. The van der Waals surface area contributed by atoms with Gasteiger partial charge in [-0.25, -0.2) is 0 Å². The fourth-order valence-corrected chi connectivity index (χ4v) is 2.89. The van der Waals surface area contributed by atoms with E-state index >= 15 is 0 Å². The van der Waals surface area contributed by atoms with Crippen molar-refractivity contribution in [2.45, 2.75) is 25.0 Å². The van der Waals surface area contributed by atoms with Crippen LogP contribution in [0.2, 0.25) is 0 Å². The third-order valence-corrected chi connectivity index (χ3v) is 4.09. The van der Waals surface area contributed by atoms with Gasteiger partial charge in [-0.2, -0.15) is 5.10 Å². The Morgan fingerprint density at radius 3 is 2.86 bits per heavy atom. The number of aromatic nitrogens is 2. The van der Waals surface area contributed by atoms with E-state index in [0.717, 1.165) is 37.3 Å². The second kappa shape index (κ2) is 7.33. The van der Waals surface area contributed by atoms with E-state index in [0.29, 0.717) is 12.6 Å². The van der Waals surface area contributed by atoms with Crippen LogP contribution < -0.4 is 10.2 Å². The maximum absolute atomic E-state index is 10.2. The Morgan fingerprint density at radius 1 is 1.23 bits per heavy atom. The molecule has 2 N–H and O–H groups in total. The van der Waals surface area contributed by atoms with Crippen molar-refractivity contribution in [2.75, 3.05) is 24.5 Å². The first kappa shape index (κ1) is 14.9. The zero-order valence-electron chi connectivity index (χ0n) is 12.6. The summed E-state index contributed by atoms with van der Waals surface area (Å²) < 4.78 is 0. The summed E-state index contributed by atoms with van der Waals surface area (Å²) in [7, 11) is 0. The van der Waals surface area contributed by atoms with E-state index in [1.165, 1.54) is 0 Å². The van der Waals surface area contributed by atoms with Crippen LogP contribution in [0.25, 0.3) is 0 Å². The number of rotatable bonds is 5. The highest BCUT2D eigenvalue weighted by Crippen LogP contribution is 2.17. The molecule has 2 aromatic rings. The first-order chi connectivity index (χ1) is 10.8. The molecule has 1 aliphatic heterocycles. The summed E-state index contributed by atoms with van der Waals surface area (Å²) in [5.74, 6) is 0.928. The molecule has 116 valence electrons. The van der Waals surface area contributed by atoms with Crippen LogP contribution in [0.3, 0.4) is 0 Å². The van der Waals surface area contributed by atoms with Gasteiger partial charge in [-0.3, -0.25) is 0 Å². The molecule has 0 aliphatic carbocycles. The standard InChI is InChI=1S/C17H22N4O/c22-16(14-6-2-1-3-7-14)12-18-15-8-5-11-21(13-15)17-9-4-10-19-20-17/h1-4,6-7,9-10,15-16,18,22H,5,8,11-13H2. The number of aliphatic hydroxyl groups is 1. The van der Waals surface area contributed by atoms with Gasteiger partial charge < -0.3 is 15.3 Å². The number of anilines is 1. The minimum absolute atomic E-state index is 0.370. The largest absolute Gasteiger partial charge is 0.387 e. The van der Waals surface area contributed by atoms with Gasteiger partial charge in [0.25, 0.3) is 0 Å². The van der Waals surface area contributed by atoms with E-state index in [4.69, 9.17) is 0 Å².